The molecule has 0 spiro atoms. The monoisotopic (exact) mass is 537 g/mol. The molecule has 13 nitrogen and oxygen atoms in total. The molecule has 1 aliphatic heterocycles. The van der Waals surface area contributed by atoms with Gasteiger partial charge in [-0.05, 0) is 36.5 Å². The van der Waals surface area contributed by atoms with Crippen molar-refractivity contribution in [1.82, 2.24) is 31.5 Å². The number of hydrogen-bond donors (Lipinski definition) is 6. The predicted octanol–water partition coefficient (Wildman–Crippen LogP) is -1.04. The minimum Gasteiger partial charge on any atom is -0.363 e. The fourth-order valence-electron chi connectivity index (χ4n) is 4.46. The average Bonchev–Trinajstić information content (AvgIpc) is 3.26. The molecule has 214 valence electrons. The van der Waals surface area contributed by atoms with Gasteiger partial charge in [0.2, 0.25) is 17.7 Å². The topological polar surface area (TPSA) is 192 Å². The van der Waals surface area contributed by atoms with E-state index in [1.54, 1.807) is 20.8 Å². The number of primary amides is 1. The summed E-state index contributed by atoms with van der Waals surface area (Å²) in [7, 11) is 1.44. The van der Waals surface area contributed by atoms with Gasteiger partial charge in [-0.3, -0.25) is 29.3 Å². The second kappa shape index (κ2) is 13.0. The maximum atomic E-state index is 13.8. The summed E-state index contributed by atoms with van der Waals surface area (Å²) in [5.41, 5.74) is 4.48. The molecule has 1 aliphatic carbocycles. The van der Waals surface area contributed by atoms with Crippen LogP contribution in [-0.2, 0) is 24.0 Å². The zero-order valence-electron chi connectivity index (χ0n) is 23.2. The molecule has 38 heavy (non-hydrogen) atoms. The molecule has 6 amide bonds. The Morgan fingerprint density at radius 2 is 1.66 bits per heavy atom. The lowest BCUT2D eigenvalue weighted by atomic mass is 9.85. The van der Waals surface area contributed by atoms with Gasteiger partial charge in [0.05, 0.1) is 6.54 Å². The molecule has 7 N–H and O–H groups in total. The normalized spacial score (nSPS) is 21.2. The molecular formula is C25H43N7O6. The predicted molar refractivity (Wildman–Crippen MR) is 139 cm³/mol. The Hall–Kier alpha value is -3.22. The van der Waals surface area contributed by atoms with Gasteiger partial charge in [0, 0.05) is 19.6 Å². The minimum absolute atomic E-state index is 0.00211. The summed E-state index contributed by atoms with van der Waals surface area (Å²) in [5.74, 6) is -3.39. The fourth-order valence-corrected chi connectivity index (χ4v) is 4.46. The molecule has 2 fully saturated rings. The summed E-state index contributed by atoms with van der Waals surface area (Å²) in [4.78, 5) is 76.8. The van der Waals surface area contributed by atoms with Crippen molar-refractivity contribution in [1.29, 1.82) is 0 Å². The number of nitrogens with zero attached hydrogens (tertiary/aromatic N) is 1. The molecule has 0 aromatic heterocycles. The molecular weight excluding hydrogens is 494 g/mol. The van der Waals surface area contributed by atoms with Gasteiger partial charge < -0.3 is 31.9 Å². The second-order valence-corrected chi connectivity index (χ2v) is 11.5. The Bertz CT molecular complexity index is 928. The first-order valence-electron chi connectivity index (χ1n) is 13.1. The number of nitrogens with two attached hydrogens (primary N) is 1. The van der Waals surface area contributed by atoms with E-state index in [1.807, 2.05) is 13.8 Å². The van der Waals surface area contributed by atoms with Crippen LogP contribution in [0.2, 0.25) is 0 Å². The molecule has 4 atom stereocenters. The van der Waals surface area contributed by atoms with E-state index in [0.29, 0.717) is 6.42 Å². The Morgan fingerprint density at radius 1 is 1.03 bits per heavy atom. The van der Waals surface area contributed by atoms with E-state index in [2.05, 4.69) is 26.6 Å². The van der Waals surface area contributed by atoms with Crippen LogP contribution in [0.4, 0.5) is 4.79 Å². The number of carbonyl (C=O) groups excluding carboxylic acids is 6. The van der Waals surface area contributed by atoms with Crippen LogP contribution < -0.4 is 32.3 Å². The number of amides is 6. The Balaban J connectivity index is 2.25. The molecule has 1 saturated carbocycles. The highest BCUT2D eigenvalue weighted by Gasteiger charge is 2.46. The van der Waals surface area contributed by atoms with Crippen molar-refractivity contribution in [2.24, 2.45) is 23.0 Å². The molecule has 2 rings (SSSR count). The molecule has 1 saturated heterocycles. The van der Waals surface area contributed by atoms with E-state index >= 15 is 0 Å². The van der Waals surface area contributed by atoms with Gasteiger partial charge in [0.25, 0.3) is 11.7 Å². The molecule has 0 aromatic carbocycles. The van der Waals surface area contributed by atoms with Crippen LogP contribution in [0.25, 0.3) is 0 Å². The summed E-state index contributed by atoms with van der Waals surface area (Å²) in [5, 5.41) is 13.1. The van der Waals surface area contributed by atoms with Crippen molar-refractivity contribution in [2.75, 3.05) is 20.1 Å². The Labute approximate surface area is 223 Å². The lowest BCUT2D eigenvalue weighted by Gasteiger charge is -2.36. The van der Waals surface area contributed by atoms with Crippen molar-refractivity contribution >= 4 is 35.4 Å². The van der Waals surface area contributed by atoms with Crippen LogP contribution in [0.15, 0.2) is 0 Å². The summed E-state index contributed by atoms with van der Waals surface area (Å²) >= 11 is 0. The maximum absolute atomic E-state index is 13.8. The number of Topliss-reactive ketones (excluding diaryl/α,β-unsaturated/α-hetero) is 1. The molecule has 0 aromatic rings. The third kappa shape index (κ3) is 8.14. The first kappa shape index (κ1) is 31.0. The largest absolute Gasteiger partial charge is 0.363 e. The van der Waals surface area contributed by atoms with Crippen molar-refractivity contribution in [3.63, 3.8) is 0 Å². The van der Waals surface area contributed by atoms with Crippen LogP contribution in [0.3, 0.4) is 0 Å². The highest BCUT2D eigenvalue weighted by atomic mass is 16.2. The lowest BCUT2D eigenvalue weighted by molar-refractivity contribution is -0.143. The minimum atomic E-state index is -1.28. The second-order valence-electron chi connectivity index (χ2n) is 11.5. The summed E-state index contributed by atoms with van der Waals surface area (Å²) in [6.07, 6.45) is 1.66. The van der Waals surface area contributed by atoms with Gasteiger partial charge in [-0.15, -0.1) is 0 Å². The summed E-state index contributed by atoms with van der Waals surface area (Å²) in [6.45, 7) is 9.36. The number of likely N-dealkylation sites (tertiary alicyclic amines) is 1. The first-order valence-corrected chi connectivity index (χ1v) is 13.1. The molecule has 0 bridgehead atoms. The van der Waals surface area contributed by atoms with Crippen LogP contribution in [0, 0.1) is 17.3 Å². The van der Waals surface area contributed by atoms with E-state index < -0.39 is 59.1 Å². The third-order valence-corrected chi connectivity index (χ3v) is 7.24. The van der Waals surface area contributed by atoms with Gasteiger partial charge >= 0.3 is 6.03 Å². The number of nitrogens with one attached hydrogen (secondary N) is 5. The van der Waals surface area contributed by atoms with Crippen LogP contribution >= 0.6 is 0 Å². The van der Waals surface area contributed by atoms with Gasteiger partial charge in [0.15, 0.2) is 0 Å². The number of likely N-dealkylation sites (N-methyl/N-ethyl adjacent to an activating group) is 1. The van der Waals surface area contributed by atoms with Gasteiger partial charge in [-0.1, -0.05) is 41.0 Å². The summed E-state index contributed by atoms with van der Waals surface area (Å²) < 4.78 is 0. The van der Waals surface area contributed by atoms with E-state index in [1.165, 1.54) is 11.9 Å². The first-order chi connectivity index (χ1) is 17.6. The van der Waals surface area contributed by atoms with Gasteiger partial charge in [0.1, 0.15) is 18.2 Å². The fraction of sp³-hybridized carbons (Fsp3) is 0.760. The quantitative estimate of drug-likeness (QED) is 0.143. The highest BCUT2D eigenvalue weighted by Crippen LogP contribution is 2.32. The van der Waals surface area contributed by atoms with E-state index in [9.17, 15) is 28.8 Å². The van der Waals surface area contributed by atoms with E-state index in [4.69, 9.17) is 5.73 Å². The maximum Gasteiger partial charge on any atom is 0.315 e. The smallest absolute Gasteiger partial charge is 0.315 e. The standard InChI is InChI=1S/C25H43N7O6/c1-13(2)14-10-16(22(36)31-21(18(34)20(26)35)29-15-8-7-9-15)32(12-14)23(37)19(25(3,4)5)30-24(38)28-11-17(33)27-6/h13-16,19,21,29H,7-12H2,1-6H3,(H2,26,35)(H,27,33)(H,31,36)(H2,28,30,38)/t14-,16?,19?,21?/m1/s1. The van der Waals surface area contributed by atoms with Crippen molar-refractivity contribution in [2.45, 2.75) is 84.6 Å². The summed E-state index contributed by atoms with van der Waals surface area (Å²) in [6, 6.07) is -2.64. The number of urea groups is 1. The van der Waals surface area contributed by atoms with E-state index in [-0.39, 0.29) is 31.0 Å². The van der Waals surface area contributed by atoms with E-state index in [0.717, 1.165) is 19.3 Å². The number of carbonyl (C=O) groups is 6. The highest BCUT2D eigenvalue weighted by molar-refractivity contribution is 6.37. The van der Waals surface area contributed by atoms with Crippen molar-refractivity contribution in [3.8, 4) is 0 Å². The number of rotatable bonds is 11. The average molecular weight is 538 g/mol. The molecule has 13 heteroatoms. The Morgan fingerprint density at radius 3 is 2.13 bits per heavy atom. The van der Waals surface area contributed by atoms with Crippen LogP contribution in [0.5, 0.6) is 0 Å². The number of hydrogen-bond acceptors (Lipinski definition) is 7. The number of ketones is 1. The van der Waals surface area contributed by atoms with Crippen LogP contribution in [0.1, 0.15) is 60.3 Å². The zero-order chi connectivity index (χ0) is 28.8. The lowest BCUT2D eigenvalue weighted by Crippen LogP contribution is -2.62. The third-order valence-electron chi connectivity index (χ3n) is 7.24. The molecule has 0 radical (unpaired) electrons. The van der Waals surface area contributed by atoms with Gasteiger partial charge in [-0.2, -0.15) is 0 Å². The molecule has 3 unspecified atom stereocenters. The SMILES string of the molecule is CNC(=O)CNC(=O)NC(C(=O)N1C[C@H](C(C)C)CC1C(=O)NC(NC1CCC1)C(=O)C(N)=O)C(C)(C)C. The van der Waals surface area contributed by atoms with Gasteiger partial charge in [-0.25, -0.2) is 4.79 Å². The van der Waals surface area contributed by atoms with Crippen LogP contribution in [-0.4, -0.2) is 84.8 Å². The molecule has 1 heterocycles. The van der Waals surface area contributed by atoms with Crippen molar-refractivity contribution < 1.29 is 28.8 Å². The van der Waals surface area contributed by atoms with Crippen molar-refractivity contribution in [3.05, 3.63) is 0 Å². The molecule has 2 aliphatic rings. The zero-order valence-corrected chi connectivity index (χ0v) is 23.2. The Kier molecular flexibility index (Phi) is 10.6.